The Morgan fingerprint density at radius 3 is 2.85 bits per heavy atom. The van der Waals surface area contributed by atoms with E-state index in [9.17, 15) is 0 Å². The van der Waals surface area contributed by atoms with Crippen LogP contribution < -0.4 is 14.8 Å². The summed E-state index contributed by atoms with van der Waals surface area (Å²) in [7, 11) is 0. The first-order valence-corrected chi connectivity index (χ1v) is 7.45. The fourth-order valence-electron chi connectivity index (χ4n) is 2.54. The van der Waals surface area contributed by atoms with E-state index in [-0.39, 0.29) is 12.7 Å². The van der Waals surface area contributed by atoms with Gasteiger partial charge in [0, 0.05) is 6.54 Å². The molecule has 1 heterocycles. The number of hydrogen-bond donors (Lipinski definition) is 2. The molecule has 0 amide bonds. The molecule has 112 valence electrons. The van der Waals surface area contributed by atoms with Gasteiger partial charge in [0.15, 0.2) is 11.5 Å². The summed E-state index contributed by atoms with van der Waals surface area (Å²) in [5, 5.41) is 12.3. The number of benzene rings is 1. The zero-order valence-corrected chi connectivity index (χ0v) is 12.4. The Morgan fingerprint density at radius 1 is 1.35 bits per heavy atom. The van der Waals surface area contributed by atoms with E-state index in [4.69, 9.17) is 14.6 Å². The van der Waals surface area contributed by atoms with Crippen molar-refractivity contribution in [3.63, 3.8) is 0 Å². The summed E-state index contributed by atoms with van der Waals surface area (Å²) in [4.78, 5) is 0. The Labute approximate surface area is 121 Å². The molecule has 2 N–H and O–H groups in total. The Bertz CT molecular complexity index is 414. The van der Waals surface area contributed by atoms with E-state index in [0.29, 0.717) is 18.3 Å². The van der Waals surface area contributed by atoms with Gasteiger partial charge in [-0.1, -0.05) is 6.07 Å². The molecule has 0 aromatic heterocycles. The Kier molecular flexibility index (Phi) is 5.68. The van der Waals surface area contributed by atoms with Crippen molar-refractivity contribution in [2.45, 2.75) is 38.7 Å². The minimum absolute atomic E-state index is 0.00934. The fraction of sp³-hybridized carbons (Fsp3) is 0.625. The average molecular weight is 279 g/mol. The molecule has 1 fully saturated rings. The highest BCUT2D eigenvalue weighted by molar-refractivity contribution is 5.44. The first kappa shape index (κ1) is 15.1. The van der Waals surface area contributed by atoms with Gasteiger partial charge < -0.3 is 19.9 Å². The lowest BCUT2D eigenvalue weighted by Crippen LogP contribution is -2.28. The summed E-state index contributed by atoms with van der Waals surface area (Å²) in [5.74, 6) is 2.03. The quantitative estimate of drug-likeness (QED) is 0.839. The normalized spacial score (nSPS) is 19.1. The third-order valence-electron chi connectivity index (χ3n) is 3.45. The van der Waals surface area contributed by atoms with Crippen molar-refractivity contribution in [3.8, 4) is 11.5 Å². The second kappa shape index (κ2) is 7.50. The van der Waals surface area contributed by atoms with Crippen molar-refractivity contribution in [2.24, 2.45) is 0 Å². The topological polar surface area (TPSA) is 50.7 Å². The van der Waals surface area contributed by atoms with Gasteiger partial charge in [0.1, 0.15) is 6.61 Å². The van der Waals surface area contributed by atoms with E-state index >= 15 is 0 Å². The van der Waals surface area contributed by atoms with Crippen molar-refractivity contribution in [1.29, 1.82) is 0 Å². The maximum Gasteiger partial charge on any atom is 0.161 e. The SMILES string of the molecule is CC(C)Oc1cc(C2CCCNC2)ccc1OCCO. The molecule has 4 nitrogen and oxygen atoms in total. The molecule has 4 heteroatoms. The van der Waals surface area contributed by atoms with E-state index < -0.39 is 0 Å². The highest BCUT2D eigenvalue weighted by Crippen LogP contribution is 2.33. The lowest BCUT2D eigenvalue weighted by Gasteiger charge is -2.24. The van der Waals surface area contributed by atoms with Crippen molar-refractivity contribution in [3.05, 3.63) is 23.8 Å². The number of aliphatic hydroxyl groups excluding tert-OH is 1. The average Bonchev–Trinajstić information content (AvgIpc) is 2.46. The second-order valence-electron chi connectivity index (χ2n) is 5.49. The van der Waals surface area contributed by atoms with Crippen molar-refractivity contribution in [2.75, 3.05) is 26.3 Å². The van der Waals surface area contributed by atoms with Gasteiger partial charge in [0.25, 0.3) is 0 Å². The van der Waals surface area contributed by atoms with Crippen molar-refractivity contribution >= 4 is 0 Å². The molecule has 20 heavy (non-hydrogen) atoms. The number of ether oxygens (including phenoxy) is 2. The van der Waals surface area contributed by atoms with Crippen molar-refractivity contribution in [1.82, 2.24) is 5.32 Å². The van der Waals surface area contributed by atoms with Gasteiger partial charge in [-0.15, -0.1) is 0 Å². The van der Waals surface area contributed by atoms with Crippen LogP contribution in [0.25, 0.3) is 0 Å². The largest absolute Gasteiger partial charge is 0.487 e. The Hall–Kier alpha value is -1.26. The molecule has 2 rings (SSSR count). The number of aliphatic hydroxyl groups is 1. The highest BCUT2D eigenvalue weighted by Gasteiger charge is 2.17. The first-order chi connectivity index (χ1) is 9.70. The monoisotopic (exact) mass is 279 g/mol. The predicted molar refractivity (Wildman–Crippen MR) is 79.6 cm³/mol. The molecule has 1 saturated heterocycles. The summed E-state index contributed by atoms with van der Waals surface area (Å²) >= 11 is 0. The molecule has 0 bridgehead atoms. The molecule has 1 aromatic carbocycles. The third-order valence-corrected chi connectivity index (χ3v) is 3.45. The maximum absolute atomic E-state index is 8.88. The van der Waals surface area contributed by atoms with E-state index in [1.807, 2.05) is 19.9 Å². The zero-order valence-electron chi connectivity index (χ0n) is 12.4. The maximum atomic E-state index is 8.88. The molecule has 0 radical (unpaired) electrons. The molecule has 1 unspecified atom stereocenters. The summed E-state index contributed by atoms with van der Waals surface area (Å²) in [6, 6.07) is 6.15. The van der Waals surface area contributed by atoms with Crippen LogP contribution in [0, 0.1) is 0 Å². The van der Waals surface area contributed by atoms with Crippen molar-refractivity contribution < 1.29 is 14.6 Å². The summed E-state index contributed by atoms with van der Waals surface area (Å²) in [6.07, 6.45) is 2.53. The number of piperidine rings is 1. The van der Waals surface area contributed by atoms with Gasteiger partial charge in [0.2, 0.25) is 0 Å². The van der Waals surface area contributed by atoms with E-state index in [2.05, 4.69) is 17.4 Å². The Balaban J connectivity index is 2.17. The van der Waals surface area contributed by atoms with Gasteiger partial charge in [-0.2, -0.15) is 0 Å². The summed E-state index contributed by atoms with van der Waals surface area (Å²) < 4.78 is 11.4. The van der Waals surface area contributed by atoms with Gasteiger partial charge in [-0.25, -0.2) is 0 Å². The van der Waals surface area contributed by atoms with Crippen LogP contribution in [0.2, 0.25) is 0 Å². The fourth-order valence-corrected chi connectivity index (χ4v) is 2.54. The van der Waals surface area contributed by atoms with Crippen LogP contribution in [0.4, 0.5) is 0 Å². The van der Waals surface area contributed by atoms with Gasteiger partial charge >= 0.3 is 0 Å². The predicted octanol–water partition coefficient (Wildman–Crippen LogP) is 2.31. The smallest absolute Gasteiger partial charge is 0.161 e. The molecule has 1 aliphatic rings. The molecule has 0 spiro atoms. The second-order valence-corrected chi connectivity index (χ2v) is 5.49. The van der Waals surface area contributed by atoms with Gasteiger partial charge in [-0.3, -0.25) is 0 Å². The first-order valence-electron chi connectivity index (χ1n) is 7.45. The van der Waals surface area contributed by atoms with E-state index in [0.717, 1.165) is 18.8 Å². The van der Waals surface area contributed by atoms with Crippen LogP contribution in [-0.2, 0) is 0 Å². The Morgan fingerprint density at radius 2 is 2.20 bits per heavy atom. The molecule has 0 aliphatic carbocycles. The van der Waals surface area contributed by atoms with Crippen LogP contribution in [0.1, 0.15) is 38.2 Å². The third kappa shape index (κ3) is 4.12. The van der Waals surface area contributed by atoms with Gasteiger partial charge in [0.05, 0.1) is 12.7 Å². The van der Waals surface area contributed by atoms with Crippen LogP contribution in [0.3, 0.4) is 0 Å². The zero-order chi connectivity index (χ0) is 14.4. The van der Waals surface area contributed by atoms with Crippen LogP contribution in [-0.4, -0.2) is 37.5 Å². The molecule has 1 aromatic rings. The standard InChI is InChI=1S/C16H25NO3/c1-12(2)20-16-10-13(14-4-3-7-17-11-14)5-6-15(16)19-9-8-18/h5-6,10,12,14,17-18H,3-4,7-9,11H2,1-2H3. The molecular weight excluding hydrogens is 254 g/mol. The molecule has 0 saturated carbocycles. The lowest BCUT2D eigenvalue weighted by molar-refractivity contribution is 0.184. The number of rotatable bonds is 6. The van der Waals surface area contributed by atoms with Crippen LogP contribution in [0.5, 0.6) is 11.5 Å². The lowest BCUT2D eigenvalue weighted by atomic mass is 9.91. The molecular formula is C16H25NO3. The van der Waals surface area contributed by atoms with Crippen LogP contribution in [0.15, 0.2) is 18.2 Å². The van der Waals surface area contributed by atoms with Crippen LogP contribution >= 0.6 is 0 Å². The van der Waals surface area contributed by atoms with Gasteiger partial charge in [-0.05, 0) is 56.8 Å². The minimum atomic E-state index is 0.00934. The molecule has 1 atom stereocenters. The van der Waals surface area contributed by atoms with E-state index in [1.165, 1.54) is 18.4 Å². The number of nitrogens with one attached hydrogen (secondary N) is 1. The van der Waals surface area contributed by atoms with E-state index in [1.54, 1.807) is 0 Å². The highest BCUT2D eigenvalue weighted by atomic mass is 16.5. The minimum Gasteiger partial charge on any atom is -0.487 e. The molecule has 1 aliphatic heterocycles. The summed E-state index contributed by atoms with van der Waals surface area (Å²) in [5.41, 5.74) is 1.30. The summed E-state index contributed by atoms with van der Waals surface area (Å²) in [6.45, 7) is 6.45. The number of hydrogen-bond acceptors (Lipinski definition) is 4.